The lowest BCUT2D eigenvalue weighted by atomic mass is 9.90. The highest BCUT2D eigenvalue weighted by Crippen LogP contribution is 2.47. The molecule has 156 valence electrons. The second-order valence-electron chi connectivity index (χ2n) is 8.10. The predicted octanol–water partition coefficient (Wildman–Crippen LogP) is 4.61. The Morgan fingerprint density at radius 3 is 2.13 bits per heavy atom. The van der Waals surface area contributed by atoms with Gasteiger partial charge in [0.25, 0.3) is 5.91 Å². The summed E-state index contributed by atoms with van der Waals surface area (Å²) in [4.78, 5) is 34.4. The second kappa shape index (κ2) is 7.67. The minimum Gasteiger partial charge on any atom is -0.273 e. The molecule has 3 aromatic rings. The number of carbonyl (C=O) groups is 2. The van der Waals surface area contributed by atoms with Gasteiger partial charge in [0.15, 0.2) is 6.10 Å². The third-order valence-electron chi connectivity index (χ3n) is 6.15. The molecule has 3 atom stereocenters. The van der Waals surface area contributed by atoms with Gasteiger partial charge in [0.05, 0.1) is 17.4 Å². The van der Waals surface area contributed by atoms with Crippen LogP contribution in [0.15, 0.2) is 78.9 Å². The summed E-state index contributed by atoms with van der Waals surface area (Å²) >= 11 is 0. The molecule has 0 N–H and O–H groups in total. The van der Waals surface area contributed by atoms with Crippen LogP contribution in [0.2, 0.25) is 0 Å². The van der Waals surface area contributed by atoms with Gasteiger partial charge in [0, 0.05) is 0 Å². The normalized spacial score (nSPS) is 22.8. The van der Waals surface area contributed by atoms with Crippen molar-refractivity contribution in [3.8, 4) is 0 Å². The molecule has 0 bridgehead atoms. The predicted molar refractivity (Wildman–Crippen MR) is 120 cm³/mol. The van der Waals surface area contributed by atoms with Crippen LogP contribution in [0.1, 0.15) is 29.7 Å². The molecule has 5 heteroatoms. The molecule has 5 rings (SSSR count). The molecule has 0 aliphatic carbocycles. The van der Waals surface area contributed by atoms with Crippen molar-refractivity contribution in [2.45, 2.75) is 32.4 Å². The van der Waals surface area contributed by atoms with E-state index in [0.29, 0.717) is 5.69 Å². The number of aryl methyl sites for hydroxylation is 2. The van der Waals surface area contributed by atoms with Crippen LogP contribution in [0, 0.1) is 12.8 Å². The summed E-state index contributed by atoms with van der Waals surface area (Å²) in [5, 5.41) is 1.73. The maximum Gasteiger partial charge on any atom is 0.266 e. The van der Waals surface area contributed by atoms with Gasteiger partial charge in [-0.15, -0.1) is 0 Å². The van der Waals surface area contributed by atoms with E-state index in [1.54, 1.807) is 5.06 Å². The van der Waals surface area contributed by atoms with Crippen LogP contribution in [-0.2, 0) is 20.8 Å². The molecule has 2 aliphatic rings. The van der Waals surface area contributed by atoms with Crippen LogP contribution in [0.25, 0.3) is 0 Å². The topological polar surface area (TPSA) is 49.9 Å². The van der Waals surface area contributed by atoms with E-state index < -0.39 is 12.0 Å². The molecular weight excluding hydrogens is 388 g/mol. The van der Waals surface area contributed by atoms with Crippen LogP contribution < -0.4 is 9.96 Å². The van der Waals surface area contributed by atoms with Crippen LogP contribution in [0.3, 0.4) is 0 Å². The Balaban J connectivity index is 1.56. The summed E-state index contributed by atoms with van der Waals surface area (Å²) < 4.78 is 0. The van der Waals surface area contributed by atoms with Gasteiger partial charge in [0.2, 0.25) is 5.91 Å². The number of fused-ring (bicyclic) bond motifs is 1. The molecule has 2 fully saturated rings. The third-order valence-corrected chi connectivity index (χ3v) is 6.15. The Kier molecular flexibility index (Phi) is 4.83. The third kappa shape index (κ3) is 3.22. The lowest BCUT2D eigenvalue weighted by Crippen LogP contribution is -2.37. The molecule has 2 aliphatic heterocycles. The molecule has 2 amide bonds. The summed E-state index contributed by atoms with van der Waals surface area (Å²) in [7, 11) is 0. The van der Waals surface area contributed by atoms with Crippen molar-refractivity contribution in [2.75, 3.05) is 9.96 Å². The van der Waals surface area contributed by atoms with E-state index in [0.717, 1.165) is 28.8 Å². The number of benzene rings is 3. The SMILES string of the molecule is CCc1ccc(N2C(=O)[C@H]3[C@H](ON(c4ccccc4)[C@@H]3c3ccc(C)cc3)C2=O)cc1. The van der Waals surface area contributed by atoms with E-state index >= 15 is 0 Å². The Bertz CT molecular complexity index is 1110. The minimum absolute atomic E-state index is 0.219. The van der Waals surface area contributed by atoms with E-state index in [2.05, 4.69) is 6.92 Å². The first-order valence-corrected chi connectivity index (χ1v) is 10.6. The Hall–Kier alpha value is -3.44. The number of nitrogens with zero attached hydrogens (tertiary/aromatic N) is 2. The van der Waals surface area contributed by atoms with Crippen molar-refractivity contribution >= 4 is 23.2 Å². The molecular formula is C26H24N2O3. The number of hydrogen-bond donors (Lipinski definition) is 0. The number of para-hydroxylation sites is 1. The molecule has 0 aromatic heterocycles. The maximum atomic E-state index is 13.6. The van der Waals surface area contributed by atoms with Crippen LogP contribution in [0.4, 0.5) is 11.4 Å². The Morgan fingerprint density at radius 1 is 0.806 bits per heavy atom. The van der Waals surface area contributed by atoms with Gasteiger partial charge in [0.1, 0.15) is 5.92 Å². The van der Waals surface area contributed by atoms with E-state index in [1.165, 1.54) is 4.90 Å². The minimum atomic E-state index is -0.843. The molecule has 0 saturated carbocycles. The summed E-state index contributed by atoms with van der Waals surface area (Å²) in [6, 6.07) is 24.9. The van der Waals surface area contributed by atoms with Gasteiger partial charge in [-0.3, -0.25) is 14.4 Å². The van der Waals surface area contributed by atoms with Crippen molar-refractivity contribution in [2.24, 2.45) is 5.92 Å². The summed E-state index contributed by atoms with van der Waals surface area (Å²) in [6.07, 6.45) is 0.0581. The van der Waals surface area contributed by atoms with Crippen LogP contribution in [-0.4, -0.2) is 17.9 Å². The fraction of sp³-hybridized carbons (Fsp3) is 0.231. The number of rotatable bonds is 4. The van der Waals surface area contributed by atoms with Crippen molar-refractivity contribution in [1.82, 2.24) is 0 Å². The smallest absolute Gasteiger partial charge is 0.266 e. The zero-order valence-electron chi connectivity index (χ0n) is 17.6. The quantitative estimate of drug-likeness (QED) is 0.588. The number of anilines is 2. The molecule has 0 unspecified atom stereocenters. The van der Waals surface area contributed by atoms with Gasteiger partial charge in [-0.05, 0) is 48.7 Å². The van der Waals surface area contributed by atoms with Crippen molar-refractivity contribution in [1.29, 1.82) is 0 Å². The van der Waals surface area contributed by atoms with Crippen molar-refractivity contribution < 1.29 is 14.4 Å². The fourth-order valence-electron chi connectivity index (χ4n) is 4.45. The number of amides is 2. The van der Waals surface area contributed by atoms with Gasteiger partial charge in [-0.1, -0.05) is 67.1 Å². The average Bonchev–Trinajstić information content (AvgIpc) is 3.31. The molecule has 5 nitrogen and oxygen atoms in total. The Labute approximate surface area is 181 Å². The van der Waals surface area contributed by atoms with Crippen LogP contribution in [0.5, 0.6) is 0 Å². The highest BCUT2D eigenvalue weighted by molar-refractivity contribution is 6.23. The van der Waals surface area contributed by atoms with E-state index in [4.69, 9.17) is 4.84 Å². The molecule has 0 radical (unpaired) electrons. The number of imide groups is 1. The maximum absolute atomic E-state index is 13.6. The molecule has 0 spiro atoms. The first kappa shape index (κ1) is 19.5. The number of carbonyl (C=O) groups excluding carboxylic acids is 2. The van der Waals surface area contributed by atoms with Gasteiger partial charge >= 0.3 is 0 Å². The van der Waals surface area contributed by atoms with Crippen molar-refractivity contribution in [3.63, 3.8) is 0 Å². The molecule has 3 aromatic carbocycles. The molecule has 2 heterocycles. The molecule has 2 saturated heterocycles. The lowest BCUT2D eigenvalue weighted by Gasteiger charge is -2.28. The Morgan fingerprint density at radius 2 is 1.48 bits per heavy atom. The van der Waals surface area contributed by atoms with Crippen molar-refractivity contribution in [3.05, 3.63) is 95.6 Å². The van der Waals surface area contributed by atoms with Gasteiger partial charge in [-0.2, -0.15) is 0 Å². The summed E-state index contributed by atoms with van der Waals surface area (Å²) in [6.45, 7) is 4.10. The second-order valence-corrected chi connectivity index (χ2v) is 8.10. The number of hydrogen-bond acceptors (Lipinski definition) is 4. The first-order chi connectivity index (χ1) is 15.1. The average molecular weight is 412 g/mol. The van der Waals surface area contributed by atoms with E-state index in [-0.39, 0.29) is 17.9 Å². The van der Waals surface area contributed by atoms with E-state index in [1.807, 2.05) is 85.8 Å². The van der Waals surface area contributed by atoms with E-state index in [9.17, 15) is 9.59 Å². The number of hydroxylamine groups is 1. The summed E-state index contributed by atoms with van der Waals surface area (Å²) in [5.41, 5.74) is 4.66. The van der Waals surface area contributed by atoms with Gasteiger partial charge < -0.3 is 0 Å². The molecule has 31 heavy (non-hydrogen) atoms. The first-order valence-electron chi connectivity index (χ1n) is 10.6. The standard InChI is InChI=1S/C26H24N2O3/c1-3-18-11-15-20(16-12-18)27-25(29)22-23(19-13-9-17(2)10-14-19)28(31-24(22)26(27)30)21-7-5-4-6-8-21/h4-16,22-24H,3H2,1-2H3/t22-,23-,24+/m1/s1. The highest BCUT2D eigenvalue weighted by atomic mass is 16.7. The monoisotopic (exact) mass is 412 g/mol. The lowest BCUT2D eigenvalue weighted by molar-refractivity contribution is -0.126. The fourth-order valence-corrected chi connectivity index (χ4v) is 4.45. The zero-order chi connectivity index (χ0) is 21.5. The summed E-state index contributed by atoms with van der Waals surface area (Å²) in [5.74, 6) is -1.14. The largest absolute Gasteiger partial charge is 0.273 e. The highest BCUT2D eigenvalue weighted by Gasteiger charge is 2.60. The van der Waals surface area contributed by atoms with Gasteiger partial charge in [-0.25, -0.2) is 9.96 Å². The zero-order valence-corrected chi connectivity index (χ0v) is 17.6. The van der Waals surface area contributed by atoms with Crippen LogP contribution >= 0.6 is 0 Å².